The first kappa shape index (κ1) is 14.0. The van der Waals surface area contributed by atoms with Crippen LogP contribution in [0.3, 0.4) is 0 Å². The van der Waals surface area contributed by atoms with Crippen molar-refractivity contribution in [3.63, 3.8) is 0 Å². The summed E-state index contributed by atoms with van der Waals surface area (Å²) in [7, 11) is 0. The summed E-state index contributed by atoms with van der Waals surface area (Å²) in [5, 5.41) is 9.47. The fraction of sp³-hybridized carbons (Fsp3) is 0.154. The first-order valence-electron chi connectivity index (χ1n) is 5.93. The molecule has 3 heterocycles. The number of carboxylic acid groups (broad SMARTS) is 1. The fourth-order valence-electron chi connectivity index (χ4n) is 2.08. The predicted octanol–water partition coefficient (Wildman–Crippen LogP) is 2.87. The van der Waals surface area contributed by atoms with Crippen LogP contribution < -0.4 is 5.56 Å². The van der Waals surface area contributed by atoms with E-state index in [1.165, 1.54) is 10.9 Å². The number of halogens is 1. The van der Waals surface area contributed by atoms with Gasteiger partial charge in [0.1, 0.15) is 15.5 Å². The van der Waals surface area contributed by atoms with E-state index in [-0.39, 0.29) is 17.0 Å². The van der Waals surface area contributed by atoms with Crippen molar-refractivity contribution in [1.82, 2.24) is 9.55 Å². The fourth-order valence-corrected chi connectivity index (χ4v) is 3.40. The van der Waals surface area contributed by atoms with E-state index in [1.54, 1.807) is 19.1 Å². The van der Waals surface area contributed by atoms with Crippen molar-refractivity contribution in [3.8, 4) is 0 Å². The average Bonchev–Trinajstić information content (AvgIpc) is 2.97. The van der Waals surface area contributed by atoms with E-state index in [2.05, 4.69) is 20.9 Å². The number of aryl methyl sites for hydroxylation is 1. The molecule has 8 heteroatoms. The lowest BCUT2D eigenvalue weighted by molar-refractivity contribution is 0.0701. The molecular weight excluding hydrogens is 360 g/mol. The van der Waals surface area contributed by atoms with Crippen LogP contribution in [0.25, 0.3) is 10.2 Å². The lowest BCUT2D eigenvalue weighted by atomic mass is 10.2. The highest BCUT2D eigenvalue weighted by atomic mass is 79.9. The number of carbonyl (C=O) groups is 1. The summed E-state index contributed by atoms with van der Waals surface area (Å²) in [5.41, 5.74) is 0.184. The number of fused-ring (bicyclic) bond motifs is 1. The molecule has 0 amide bonds. The molecule has 0 saturated carbocycles. The Kier molecular flexibility index (Phi) is 3.42. The molecule has 0 atom stereocenters. The zero-order valence-corrected chi connectivity index (χ0v) is 13.2. The van der Waals surface area contributed by atoms with Crippen LogP contribution in [0.15, 0.2) is 32.3 Å². The number of hydrogen-bond donors (Lipinski definition) is 1. The van der Waals surface area contributed by atoms with Crippen LogP contribution in [0.4, 0.5) is 0 Å². The van der Waals surface area contributed by atoms with Crippen LogP contribution >= 0.6 is 27.3 Å². The zero-order chi connectivity index (χ0) is 15.1. The molecular formula is C13H9BrN2O4S. The normalized spacial score (nSPS) is 11.1. The smallest absolute Gasteiger partial charge is 0.346 e. The molecule has 0 aliphatic rings. The summed E-state index contributed by atoms with van der Waals surface area (Å²) in [6, 6.07) is 3.49. The lowest BCUT2D eigenvalue weighted by Gasteiger charge is -2.02. The topological polar surface area (TPSA) is 85.3 Å². The molecule has 3 rings (SSSR count). The molecule has 6 nitrogen and oxygen atoms in total. The number of carboxylic acids is 1. The van der Waals surface area contributed by atoms with Crippen LogP contribution in [0.2, 0.25) is 0 Å². The Morgan fingerprint density at radius 2 is 2.29 bits per heavy atom. The molecule has 0 fully saturated rings. The Morgan fingerprint density at radius 3 is 2.90 bits per heavy atom. The van der Waals surface area contributed by atoms with Crippen molar-refractivity contribution in [2.75, 3.05) is 0 Å². The van der Waals surface area contributed by atoms with Gasteiger partial charge in [0.15, 0.2) is 4.67 Å². The van der Waals surface area contributed by atoms with Crippen molar-refractivity contribution in [2.45, 2.75) is 13.5 Å². The van der Waals surface area contributed by atoms with Crippen LogP contribution in [-0.4, -0.2) is 20.6 Å². The highest BCUT2D eigenvalue weighted by molar-refractivity contribution is 9.10. The largest absolute Gasteiger partial charge is 0.477 e. The van der Waals surface area contributed by atoms with Gasteiger partial charge in [0, 0.05) is 0 Å². The SMILES string of the molecule is Cc1c(C(=O)O)sc2ncn(Cc3ccc(Br)o3)c(=O)c12. The van der Waals surface area contributed by atoms with Crippen molar-refractivity contribution in [3.05, 3.63) is 49.7 Å². The standard InChI is InChI=1S/C13H9BrN2O4S/c1-6-9-11(21-10(6)13(18)19)15-5-16(12(9)17)4-7-2-3-8(14)20-7/h2-3,5H,4H2,1H3,(H,18,19). The molecule has 0 aliphatic heterocycles. The maximum Gasteiger partial charge on any atom is 0.346 e. The second-order valence-electron chi connectivity index (χ2n) is 4.42. The summed E-state index contributed by atoms with van der Waals surface area (Å²) in [6.45, 7) is 1.87. The quantitative estimate of drug-likeness (QED) is 0.767. The predicted molar refractivity (Wildman–Crippen MR) is 81.1 cm³/mol. The number of thiophene rings is 1. The van der Waals surface area contributed by atoms with Gasteiger partial charge in [-0.15, -0.1) is 11.3 Å². The Labute approximate surface area is 130 Å². The van der Waals surface area contributed by atoms with Gasteiger partial charge in [0.2, 0.25) is 0 Å². The van der Waals surface area contributed by atoms with Gasteiger partial charge in [0.25, 0.3) is 5.56 Å². The molecule has 0 spiro atoms. The zero-order valence-electron chi connectivity index (χ0n) is 10.8. The van der Waals surface area contributed by atoms with Gasteiger partial charge in [-0.1, -0.05) is 0 Å². The molecule has 0 radical (unpaired) electrons. The van der Waals surface area contributed by atoms with Crippen LogP contribution in [0.5, 0.6) is 0 Å². The summed E-state index contributed by atoms with van der Waals surface area (Å²) in [6.07, 6.45) is 1.41. The van der Waals surface area contributed by atoms with E-state index in [9.17, 15) is 9.59 Å². The molecule has 3 aromatic heterocycles. The van der Waals surface area contributed by atoms with E-state index in [4.69, 9.17) is 9.52 Å². The summed E-state index contributed by atoms with van der Waals surface area (Å²) in [5.74, 6) is -0.437. The minimum Gasteiger partial charge on any atom is -0.477 e. The number of aromatic nitrogens is 2. The van der Waals surface area contributed by atoms with Crippen molar-refractivity contribution < 1.29 is 14.3 Å². The number of furan rings is 1. The maximum atomic E-state index is 12.5. The van der Waals surface area contributed by atoms with Gasteiger partial charge in [0.05, 0.1) is 18.3 Å². The Balaban J connectivity index is 2.13. The van der Waals surface area contributed by atoms with Crippen LogP contribution in [-0.2, 0) is 6.54 Å². The Morgan fingerprint density at radius 1 is 1.52 bits per heavy atom. The molecule has 0 aromatic carbocycles. The second-order valence-corrected chi connectivity index (χ2v) is 6.21. The van der Waals surface area contributed by atoms with E-state index >= 15 is 0 Å². The summed E-state index contributed by atoms with van der Waals surface area (Å²) in [4.78, 5) is 28.4. The van der Waals surface area contributed by atoms with E-state index < -0.39 is 5.97 Å². The molecule has 0 saturated heterocycles. The van der Waals surface area contributed by atoms with E-state index in [1.807, 2.05) is 0 Å². The lowest BCUT2D eigenvalue weighted by Crippen LogP contribution is -2.20. The van der Waals surface area contributed by atoms with Crippen molar-refractivity contribution >= 4 is 43.5 Å². The first-order chi connectivity index (χ1) is 9.97. The van der Waals surface area contributed by atoms with Crippen molar-refractivity contribution in [1.29, 1.82) is 0 Å². The van der Waals surface area contributed by atoms with Gasteiger partial charge in [-0.3, -0.25) is 9.36 Å². The highest BCUT2D eigenvalue weighted by Gasteiger charge is 2.18. The van der Waals surface area contributed by atoms with Crippen LogP contribution in [0, 0.1) is 6.92 Å². The van der Waals surface area contributed by atoms with E-state index in [0.717, 1.165) is 11.3 Å². The van der Waals surface area contributed by atoms with Gasteiger partial charge < -0.3 is 9.52 Å². The van der Waals surface area contributed by atoms with Gasteiger partial charge in [-0.25, -0.2) is 9.78 Å². The number of aromatic carboxylic acids is 1. The summed E-state index contributed by atoms with van der Waals surface area (Å²) < 4.78 is 7.35. The third-order valence-electron chi connectivity index (χ3n) is 3.07. The molecule has 0 bridgehead atoms. The molecule has 3 aromatic rings. The Hall–Kier alpha value is -1.93. The molecule has 21 heavy (non-hydrogen) atoms. The minimum atomic E-state index is -1.04. The Bertz CT molecular complexity index is 909. The average molecular weight is 369 g/mol. The molecule has 108 valence electrons. The minimum absolute atomic E-state index is 0.146. The van der Waals surface area contributed by atoms with Crippen molar-refractivity contribution in [2.24, 2.45) is 0 Å². The van der Waals surface area contributed by atoms with E-state index in [0.29, 0.717) is 26.2 Å². The number of nitrogens with zero attached hydrogens (tertiary/aromatic N) is 2. The number of rotatable bonds is 3. The maximum absolute atomic E-state index is 12.5. The molecule has 1 N–H and O–H groups in total. The summed E-state index contributed by atoms with van der Waals surface area (Å²) >= 11 is 4.21. The van der Waals surface area contributed by atoms with Gasteiger partial charge >= 0.3 is 5.97 Å². The monoisotopic (exact) mass is 368 g/mol. The second kappa shape index (κ2) is 5.12. The van der Waals surface area contributed by atoms with Gasteiger partial charge in [-0.2, -0.15) is 0 Å². The first-order valence-corrected chi connectivity index (χ1v) is 7.54. The third-order valence-corrected chi connectivity index (χ3v) is 4.68. The van der Waals surface area contributed by atoms with Gasteiger partial charge in [-0.05, 0) is 40.5 Å². The third kappa shape index (κ3) is 2.40. The number of hydrogen-bond acceptors (Lipinski definition) is 5. The highest BCUT2D eigenvalue weighted by Crippen LogP contribution is 2.26. The molecule has 0 aliphatic carbocycles. The van der Waals surface area contributed by atoms with Crippen LogP contribution in [0.1, 0.15) is 21.0 Å². The molecule has 0 unspecified atom stereocenters.